The van der Waals surface area contributed by atoms with Gasteiger partial charge in [0.05, 0.1) is 6.61 Å². The van der Waals surface area contributed by atoms with Gasteiger partial charge in [0.2, 0.25) is 0 Å². The summed E-state index contributed by atoms with van der Waals surface area (Å²) < 4.78 is 78.4. The number of ether oxygens (including phenoxy) is 1. The maximum Gasteiger partial charge on any atom is 0.488 e. The number of aromatic nitrogens is 2. The number of anilines is 1. The molecule has 1 aromatic heterocycles. The molecular weight excluding hydrogens is 552 g/mol. The van der Waals surface area contributed by atoms with Gasteiger partial charge in [0, 0.05) is 6.20 Å². The fourth-order valence-electron chi connectivity index (χ4n) is 2.45. The molecule has 2 heterocycles. The molecule has 190 valence electrons. The van der Waals surface area contributed by atoms with Crippen LogP contribution in [0.2, 0.25) is 0 Å². The zero-order valence-electron chi connectivity index (χ0n) is 15.5. The Labute approximate surface area is 185 Å². The van der Waals surface area contributed by atoms with E-state index in [2.05, 4.69) is 29.9 Å². The normalized spacial score (nSPS) is 27.8. The van der Waals surface area contributed by atoms with Gasteiger partial charge in [0.1, 0.15) is 29.7 Å². The summed E-state index contributed by atoms with van der Waals surface area (Å²) in [7, 11) is -11.2. The molecule has 1 fully saturated rings. The van der Waals surface area contributed by atoms with Crippen LogP contribution in [0.15, 0.2) is 11.0 Å². The van der Waals surface area contributed by atoms with Crippen molar-refractivity contribution < 1.29 is 70.0 Å². The summed E-state index contributed by atoms with van der Waals surface area (Å²) in [5, 5.41) is 20.1. The molecular formula is C10H15F3N3O13P3S. The maximum atomic E-state index is 13.0. The molecule has 16 nitrogen and oxygen atoms in total. The second-order valence-electron chi connectivity index (χ2n) is 6.16. The van der Waals surface area contributed by atoms with Crippen molar-refractivity contribution in [1.29, 1.82) is 0 Å². The molecule has 8 N–H and O–H groups in total. The van der Waals surface area contributed by atoms with Crippen LogP contribution in [0.4, 0.5) is 19.0 Å². The Kier molecular flexibility index (Phi) is 8.33. The summed E-state index contributed by atoms with van der Waals surface area (Å²) in [6.07, 6.45) is -12.5. The van der Waals surface area contributed by atoms with E-state index in [1.54, 1.807) is 0 Å². The van der Waals surface area contributed by atoms with Gasteiger partial charge < -0.3 is 44.8 Å². The zero-order chi connectivity index (χ0) is 25.6. The molecule has 1 aliphatic rings. The van der Waals surface area contributed by atoms with Gasteiger partial charge in [-0.2, -0.15) is 22.5 Å². The number of hydrogen-bond donors (Lipinski definition) is 7. The summed E-state index contributed by atoms with van der Waals surface area (Å²) >= 11 is 4.35. The van der Waals surface area contributed by atoms with Crippen molar-refractivity contribution in [2.24, 2.45) is 0 Å². The van der Waals surface area contributed by atoms with Crippen molar-refractivity contribution >= 4 is 40.0 Å². The quantitative estimate of drug-likeness (QED) is 0.185. The third-order valence-electron chi connectivity index (χ3n) is 3.72. The highest BCUT2D eigenvalue weighted by molar-refractivity contribution is 8.08. The zero-order valence-corrected chi connectivity index (χ0v) is 19.0. The lowest BCUT2D eigenvalue weighted by atomic mass is 10.1. The third-order valence-corrected chi connectivity index (χ3v) is 8.43. The number of alkyl halides is 3. The van der Waals surface area contributed by atoms with Crippen LogP contribution in [0.1, 0.15) is 11.8 Å². The van der Waals surface area contributed by atoms with E-state index in [0.29, 0.717) is 0 Å². The molecule has 2 rings (SSSR count). The van der Waals surface area contributed by atoms with E-state index in [4.69, 9.17) is 20.3 Å². The summed E-state index contributed by atoms with van der Waals surface area (Å²) in [5.41, 5.74) is 2.15. The van der Waals surface area contributed by atoms with Crippen LogP contribution in [0.3, 0.4) is 0 Å². The molecule has 0 bridgehead atoms. The Morgan fingerprint density at radius 2 is 1.76 bits per heavy atom. The van der Waals surface area contributed by atoms with Crippen LogP contribution in [0.5, 0.6) is 0 Å². The van der Waals surface area contributed by atoms with Gasteiger partial charge in [-0.3, -0.25) is 4.57 Å². The van der Waals surface area contributed by atoms with Crippen LogP contribution < -0.4 is 11.4 Å². The van der Waals surface area contributed by atoms with Gasteiger partial charge in [0.25, 0.3) is 0 Å². The summed E-state index contributed by atoms with van der Waals surface area (Å²) in [6, 6.07) is 0. The second-order valence-corrected chi connectivity index (χ2v) is 12.0. The predicted molar refractivity (Wildman–Crippen MR) is 100 cm³/mol. The number of aliphatic hydroxyl groups excluding tert-OH is 2. The number of aliphatic hydroxyl groups is 2. The van der Waals surface area contributed by atoms with Gasteiger partial charge in [-0.25, -0.2) is 18.2 Å². The molecule has 0 aromatic carbocycles. The van der Waals surface area contributed by atoms with Crippen molar-refractivity contribution in [3.05, 3.63) is 22.2 Å². The largest absolute Gasteiger partial charge is 0.488 e. The van der Waals surface area contributed by atoms with E-state index in [0.717, 1.165) is 0 Å². The van der Waals surface area contributed by atoms with Crippen LogP contribution in [-0.4, -0.2) is 64.3 Å². The monoisotopic (exact) mass is 567 g/mol. The molecule has 3 unspecified atom stereocenters. The molecule has 33 heavy (non-hydrogen) atoms. The standard InChI is InChI=1S/C10H15F3N3O13P3S/c11-10(12,13)3-1-16(9(19)15-7(3)14)8-6(18)5(17)4(27-8)2-26-32(25,33)29-31(23,24)28-30(20,21)22/h1,4-6,8,17-18H,2H2,(H,23,24)(H,25,33)(H2,14,15,19)(H2,20,21,22)/t4-,5?,6+,8-,32?/m1/s1. The highest BCUT2D eigenvalue weighted by atomic mass is 32.5. The lowest BCUT2D eigenvalue weighted by molar-refractivity contribution is -0.138. The fraction of sp³-hybridized carbons (Fsp3) is 0.600. The Morgan fingerprint density at radius 3 is 2.27 bits per heavy atom. The molecule has 1 aromatic rings. The number of nitrogens with zero attached hydrogens (tertiary/aromatic N) is 2. The first kappa shape index (κ1) is 28.4. The van der Waals surface area contributed by atoms with E-state index in [-0.39, 0.29) is 10.8 Å². The number of halogens is 3. The smallest absolute Gasteiger partial charge is 0.387 e. The van der Waals surface area contributed by atoms with Crippen molar-refractivity contribution in [1.82, 2.24) is 9.55 Å². The molecule has 0 saturated carbocycles. The number of hydrogen-bond acceptors (Lipinski definition) is 12. The Hall–Kier alpha value is -0.820. The van der Waals surface area contributed by atoms with E-state index >= 15 is 0 Å². The summed E-state index contributed by atoms with van der Waals surface area (Å²) in [6.45, 7) is -5.84. The average molecular weight is 567 g/mol. The molecule has 23 heteroatoms. The molecule has 6 atom stereocenters. The molecule has 1 saturated heterocycles. The predicted octanol–water partition coefficient (Wildman–Crippen LogP) is -1.08. The van der Waals surface area contributed by atoms with Gasteiger partial charge in [0.15, 0.2) is 6.23 Å². The van der Waals surface area contributed by atoms with Crippen LogP contribution in [0.25, 0.3) is 0 Å². The maximum absolute atomic E-state index is 13.0. The highest BCUT2D eigenvalue weighted by Gasteiger charge is 2.46. The van der Waals surface area contributed by atoms with Crippen molar-refractivity contribution in [3.8, 4) is 0 Å². The van der Waals surface area contributed by atoms with E-state index < -0.39 is 76.8 Å². The summed E-state index contributed by atoms with van der Waals surface area (Å²) in [4.78, 5) is 50.9. The minimum atomic E-state index is -5.63. The third kappa shape index (κ3) is 7.58. The van der Waals surface area contributed by atoms with Crippen LogP contribution in [-0.2, 0) is 45.0 Å². The van der Waals surface area contributed by atoms with E-state index in [1.807, 2.05) is 0 Å². The van der Waals surface area contributed by atoms with Crippen LogP contribution >= 0.6 is 22.4 Å². The van der Waals surface area contributed by atoms with Gasteiger partial charge in [-0.15, -0.1) is 0 Å². The van der Waals surface area contributed by atoms with Gasteiger partial charge in [-0.05, 0) is 11.8 Å². The van der Waals surface area contributed by atoms with Crippen molar-refractivity contribution in [2.45, 2.75) is 30.7 Å². The molecule has 0 spiro atoms. The minimum absolute atomic E-state index is 0.189. The van der Waals surface area contributed by atoms with Crippen molar-refractivity contribution in [3.63, 3.8) is 0 Å². The Bertz CT molecular complexity index is 1100. The highest BCUT2D eigenvalue weighted by Crippen LogP contribution is 2.66. The number of nitrogens with two attached hydrogens (primary N) is 1. The molecule has 0 aliphatic carbocycles. The van der Waals surface area contributed by atoms with E-state index in [1.165, 1.54) is 0 Å². The van der Waals surface area contributed by atoms with Gasteiger partial charge in [-0.1, -0.05) is 0 Å². The number of phosphoric acid groups is 2. The molecule has 1 aliphatic heterocycles. The molecule has 0 radical (unpaired) electrons. The fourth-order valence-corrected chi connectivity index (χ4v) is 6.42. The first-order valence-electron chi connectivity index (χ1n) is 7.98. The van der Waals surface area contributed by atoms with Gasteiger partial charge >= 0.3 is 34.2 Å². The molecule has 0 amide bonds. The average Bonchev–Trinajstić information content (AvgIpc) is 2.84. The Balaban J connectivity index is 2.17. The number of rotatable bonds is 8. The van der Waals surface area contributed by atoms with Crippen LogP contribution in [0, 0.1) is 0 Å². The minimum Gasteiger partial charge on any atom is -0.387 e. The topological polar surface area (TPSA) is 253 Å². The first-order valence-corrected chi connectivity index (χ1v) is 13.6. The second kappa shape index (κ2) is 9.67. The number of nitrogen functional groups attached to an aromatic ring is 1. The first-order chi connectivity index (χ1) is 14.7. The van der Waals surface area contributed by atoms with E-state index in [9.17, 15) is 47.1 Å². The lowest BCUT2D eigenvalue weighted by Crippen LogP contribution is -2.37. The SMILES string of the molecule is Nc1nc(=O)n([C@@H]2O[C@H](COP(O)(=S)OP(=O)(O)OP(=O)(O)O)C(O)[C@@H]2O)cc1C(F)(F)F. The summed E-state index contributed by atoms with van der Waals surface area (Å²) in [5.74, 6) is -1.15. The lowest BCUT2D eigenvalue weighted by Gasteiger charge is -2.21. The van der Waals surface area contributed by atoms with Crippen molar-refractivity contribution in [2.75, 3.05) is 12.3 Å². The Morgan fingerprint density at radius 1 is 1.18 bits per heavy atom.